The second kappa shape index (κ2) is 8.26. The molecule has 4 heteroatoms. The van der Waals surface area contributed by atoms with Crippen molar-refractivity contribution in [2.75, 3.05) is 13.2 Å². The third-order valence-electron chi connectivity index (χ3n) is 4.74. The molecule has 0 saturated heterocycles. The van der Waals surface area contributed by atoms with Crippen LogP contribution >= 0.6 is 0 Å². The van der Waals surface area contributed by atoms with Crippen LogP contribution in [-0.2, 0) is 6.54 Å². The van der Waals surface area contributed by atoms with E-state index in [-0.39, 0.29) is 11.9 Å². The number of carbonyl (C=O) groups is 1. The lowest BCUT2D eigenvalue weighted by Gasteiger charge is -2.28. The Balaban J connectivity index is 1.93. The predicted octanol–water partition coefficient (Wildman–Crippen LogP) is 4.98. The van der Waals surface area contributed by atoms with E-state index in [1.54, 1.807) is 0 Å². The molecule has 0 bridgehead atoms. The normalized spacial score (nSPS) is 14.3. The monoisotopic (exact) mass is 353 g/mol. The number of carbonyl (C=O) groups excluding carboxylic acids is 1. The second-order valence-electron chi connectivity index (χ2n) is 6.47. The Morgan fingerprint density at radius 3 is 2.42 bits per heavy atom. The molecular formula is C22H27NO3. The van der Waals surface area contributed by atoms with Gasteiger partial charge in [-0.2, -0.15) is 0 Å². The SMILES string of the molecule is CCCC(c1ccc(OCC)c(OCC)c1)N1Cc2ccccc2C1=O. The number of amides is 1. The summed E-state index contributed by atoms with van der Waals surface area (Å²) in [4.78, 5) is 14.9. The van der Waals surface area contributed by atoms with Crippen molar-refractivity contribution in [3.63, 3.8) is 0 Å². The molecule has 26 heavy (non-hydrogen) atoms. The van der Waals surface area contributed by atoms with Gasteiger partial charge in [0.1, 0.15) is 0 Å². The summed E-state index contributed by atoms with van der Waals surface area (Å²) in [6.45, 7) is 7.92. The molecule has 0 aromatic heterocycles. The van der Waals surface area contributed by atoms with E-state index in [1.165, 1.54) is 0 Å². The van der Waals surface area contributed by atoms with Crippen LogP contribution in [0.1, 0.15) is 61.1 Å². The molecule has 0 saturated carbocycles. The number of nitrogens with zero attached hydrogens (tertiary/aromatic N) is 1. The van der Waals surface area contributed by atoms with Crippen LogP contribution in [0.4, 0.5) is 0 Å². The lowest BCUT2D eigenvalue weighted by molar-refractivity contribution is 0.0690. The van der Waals surface area contributed by atoms with Crippen molar-refractivity contribution in [2.45, 2.75) is 46.2 Å². The zero-order valence-corrected chi connectivity index (χ0v) is 15.8. The van der Waals surface area contributed by atoms with Gasteiger partial charge in [-0.1, -0.05) is 37.6 Å². The van der Waals surface area contributed by atoms with E-state index in [0.717, 1.165) is 41.0 Å². The molecule has 138 valence electrons. The molecule has 2 aromatic rings. The first-order valence-corrected chi connectivity index (χ1v) is 9.47. The molecular weight excluding hydrogens is 326 g/mol. The lowest BCUT2D eigenvalue weighted by atomic mass is 10.00. The summed E-state index contributed by atoms with van der Waals surface area (Å²) < 4.78 is 11.5. The standard InChI is InChI=1S/C22H27NO3/c1-4-9-19(23-15-17-10-7-8-11-18(17)22(23)24)16-12-13-20(25-5-2)21(14-16)26-6-3/h7-8,10-14,19H,4-6,9,15H2,1-3H3. The molecule has 2 aromatic carbocycles. The van der Waals surface area contributed by atoms with E-state index in [0.29, 0.717) is 19.8 Å². The largest absolute Gasteiger partial charge is 0.490 e. The molecule has 0 fully saturated rings. The van der Waals surface area contributed by atoms with Crippen LogP contribution in [-0.4, -0.2) is 24.0 Å². The topological polar surface area (TPSA) is 38.8 Å². The third kappa shape index (κ3) is 3.55. The molecule has 0 spiro atoms. The van der Waals surface area contributed by atoms with E-state index in [9.17, 15) is 4.79 Å². The Morgan fingerprint density at radius 1 is 1.00 bits per heavy atom. The van der Waals surface area contributed by atoms with E-state index >= 15 is 0 Å². The van der Waals surface area contributed by atoms with Crippen LogP contribution in [0.5, 0.6) is 11.5 Å². The molecule has 1 amide bonds. The van der Waals surface area contributed by atoms with Gasteiger partial charge in [0.05, 0.1) is 19.3 Å². The number of fused-ring (bicyclic) bond motifs is 1. The minimum absolute atomic E-state index is 0.0368. The molecule has 0 radical (unpaired) electrons. The van der Waals surface area contributed by atoms with Gasteiger partial charge in [0, 0.05) is 12.1 Å². The summed E-state index contributed by atoms with van der Waals surface area (Å²) in [6, 6.07) is 14.0. The van der Waals surface area contributed by atoms with Crippen LogP contribution in [0.3, 0.4) is 0 Å². The summed E-state index contributed by atoms with van der Waals surface area (Å²) in [5, 5.41) is 0. The molecule has 0 aliphatic carbocycles. The highest BCUT2D eigenvalue weighted by atomic mass is 16.5. The Morgan fingerprint density at radius 2 is 1.73 bits per heavy atom. The number of rotatable bonds is 8. The number of ether oxygens (including phenoxy) is 2. The van der Waals surface area contributed by atoms with E-state index < -0.39 is 0 Å². The van der Waals surface area contributed by atoms with Crippen LogP contribution in [0.25, 0.3) is 0 Å². The van der Waals surface area contributed by atoms with Crippen molar-refractivity contribution in [1.29, 1.82) is 0 Å². The number of hydrogen-bond acceptors (Lipinski definition) is 3. The Kier molecular flexibility index (Phi) is 5.82. The minimum atomic E-state index is 0.0368. The highest BCUT2D eigenvalue weighted by molar-refractivity contribution is 5.98. The molecule has 0 N–H and O–H groups in total. The van der Waals surface area contributed by atoms with E-state index in [1.807, 2.05) is 55.1 Å². The first kappa shape index (κ1) is 18.3. The van der Waals surface area contributed by atoms with Crippen molar-refractivity contribution >= 4 is 5.91 Å². The van der Waals surface area contributed by atoms with E-state index in [4.69, 9.17) is 9.47 Å². The summed E-state index contributed by atoms with van der Waals surface area (Å²) in [5.74, 6) is 1.62. The third-order valence-corrected chi connectivity index (χ3v) is 4.74. The maximum absolute atomic E-state index is 12.9. The van der Waals surface area contributed by atoms with Crippen LogP contribution < -0.4 is 9.47 Å². The Hall–Kier alpha value is -2.49. The average Bonchev–Trinajstić information content (AvgIpc) is 2.98. The van der Waals surface area contributed by atoms with Crippen LogP contribution in [0.15, 0.2) is 42.5 Å². The summed E-state index contributed by atoms with van der Waals surface area (Å²) in [7, 11) is 0. The van der Waals surface area contributed by atoms with Gasteiger partial charge in [-0.25, -0.2) is 0 Å². The summed E-state index contributed by atoms with van der Waals surface area (Å²) >= 11 is 0. The highest BCUT2D eigenvalue weighted by Gasteiger charge is 2.33. The summed E-state index contributed by atoms with van der Waals surface area (Å²) in [6.07, 6.45) is 1.92. The van der Waals surface area contributed by atoms with Crippen molar-refractivity contribution in [2.24, 2.45) is 0 Å². The van der Waals surface area contributed by atoms with Crippen molar-refractivity contribution < 1.29 is 14.3 Å². The Labute approximate surface area is 155 Å². The van der Waals surface area contributed by atoms with Crippen molar-refractivity contribution in [3.8, 4) is 11.5 Å². The zero-order valence-electron chi connectivity index (χ0n) is 15.8. The van der Waals surface area contributed by atoms with Crippen molar-refractivity contribution in [1.82, 2.24) is 4.90 Å². The van der Waals surface area contributed by atoms with Crippen molar-refractivity contribution in [3.05, 3.63) is 59.2 Å². The fourth-order valence-corrected chi connectivity index (χ4v) is 3.58. The molecule has 1 heterocycles. The number of hydrogen-bond donors (Lipinski definition) is 0. The van der Waals surface area contributed by atoms with Gasteiger partial charge in [0.15, 0.2) is 11.5 Å². The quantitative estimate of drug-likeness (QED) is 0.672. The van der Waals surface area contributed by atoms with Gasteiger partial charge >= 0.3 is 0 Å². The van der Waals surface area contributed by atoms with Gasteiger partial charge in [0.25, 0.3) is 5.91 Å². The van der Waals surface area contributed by atoms with E-state index in [2.05, 4.69) is 13.0 Å². The Bertz CT molecular complexity index is 772. The van der Waals surface area contributed by atoms with Crippen LogP contribution in [0, 0.1) is 0 Å². The molecule has 1 aliphatic heterocycles. The maximum Gasteiger partial charge on any atom is 0.255 e. The minimum Gasteiger partial charge on any atom is -0.490 e. The first-order chi connectivity index (χ1) is 12.7. The molecule has 1 unspecified atom stereocenters. The highest BCUT2D eigenvalue weighted by Crippen LogP contribution is 2.38. The summed E-state index contributed by atoms with van der Waals surface area (Å²) in [5.41, 5.74) is 3.03. The first-order valence-electron chi connectivity index (χ1n) is 9.47. The molecule has 1 atom stereocenters. The number of benzene rings is 2. The smallest absolute Gasteiger partial charge is 0.255 e. The van der Waals surface area contributed by atoms with Gasteiger partial charge in [0.2, 0.25) is 0 Å². The second-order valence-corrected chi connectivity index (χ2v) is 6.47. The van der Waals surface area contributed by atoms with Gasteiger partial charge < -0.3 is 14.4 Å². The predicted molar refractivity (Wildman–Crippen MR) is 103 cm³/mol. The molecule has 4 nitrogen and oxygen atoms in total. The molecule has 1 aliphatic rings. The molecule has 3 rings (SSSR count). The van der Waals surface area contributed by atoms with Gasteiger partial charge in [-0.05, 0) is 49.6 Å². The maximum atomic E-state index is 12.9. The van der Waals surface area contributed by atoms with Gasteiger partial charge in [-0.3, -0.25) is 4.79 Å². The average molecular weight is 353 g/mol. The lowest BCUT2D eigenvalue weighted by Crippen LogP contribution is -2.29. The van der Waals surface area contributed by atoms with Gasteiger partial charge in [-0.15, -0.1) is 0 Å². The fourth-order valence-electron chi connectivity index (χ4n) is 3.58. The van der Waals surface area contributed by atoms with Crippen LogP contribution in [0.2, 0.25) is 0 Å². The fraction of sp³-hybridized carbons (Fsp3) is 0.409. The zero-order chi connectivity index (χ0) is 18.5.